The summed E-state index contributed by atoms with van der Waals surface area (Å²) < 4.78 is 28.8. The summed E-state index contributed by atoms with van der Waals surface area (Å²) >= 11 is 0. The predicted molar refractivity (Wildman–Crippen MR) is 161 cm³/mol. The molecule has 0 amide bonds. The summed E-state index contributed by atoms with van der Waals surface area (Å²) in [6.07, 6.45) is 22.4. The molecule has 6 heteroatoms. The highest BCUT2D eigenvalue weighted by Gasteiger charge is 2.11. The Kier molecular flexibility index (Phi) is 29.5. The van der Waals surface area contributed by atoms with Gasteiger partial charge in [-0.15, -0.1) is 0 Å². The van der Waals surface area contributed by atoms with E-state index in [1.807, 2.05) is 20.8 Å². The van der Waals surface area contributed by atoms with Crippen LogP contribution in [-0.4, -0.2) is 70.6 Å². The van der Waals surface area contributed by atoms with E-state index in [2.05, 4.69) is 13.8 Å². The van der Waals surface area contributed by atoms with Gasteiger partial charge in [-0.3, -0.25) is 0 Å². The second kappa shape index (κ2) is 29.7. The summed E-state index contributed by atoms with van der Waals surface area (Å²) in [6, 6.07) is 0. The highest BCUT2D eigenvalue weighted by molar-refractivity contribution is 4.57. The number of unbranched alkanes of at least 4 members (excludes halogenated alkanes) is 15. The van der Waals surface area contributed by atoms with Crippen LogP contribution in [0.4, 0.5) is 0 Å². The minimum Gasteiger partial charge on any atom is -0.379 e. The second-order valence-corrected chi connectivity index (χ2v) is 11.3. The molecule has 0 aliphatic carbocycles. The number of ether oxygens (including phenoxy) is 5. The fourth-order valence-corrected chi connectivity index (χ4v) is 4.36. The second-order valence-electron chi connectivity index (χ2n) is 11.3. The zero-order valence-corrected chi connectivity index (χ0v) is 26.2. The van der Waals surface area contributed by atoms with Gasteiger partial charge in [0, 0.05) is 13.2 Å². The van der Waals surface area contributed by atoms with Crippen molar-refractivity contribution in [2.75, 3.05) is 46.2 Å². The SMILES string of the molecule is CCCCCCCCCCCCCCCCCCOCC(C)OCC(C)OCC(C)OCC(C)OCCN. The lowest BCUT2D eigenvalue weighted by molar-refractivity contribution is -0.0917. The van der Waals surface area contributed by atoms with Crippen LogP contribution in [0, 0.1) is 0 Å². The molecule has 230 valence electrons. The fourth-order valence-electron chi connectivity index (χ4n) is 4.36. The van der Waals surface area contributed by atoms with Gasteiger partial charge in [-0.2, -0.15) is 0 Å². The van der Waals surface area contributed by atoms with Crippen LogP contribution in [-0.2, 0) is 23.7 Å². The van der Waals surface area contributed by atoms with Gasteiger partial charge in [0.15, 0.2) is 0 Å². The van der Waals surface area contributed by atoms with Gasteiger partial charge in [-0.05, 0) is 34.1 Å². The molecule has 0 saturated heterocycles. The van der Waals surface area contributed by atoms with Gasteiger partial charge in [-0.1, -0.05) is 103 Å². The summed E-state index contributed by atoms with van der Waals surface area (Å²) in [5.74, 6) is 0. The third-order valence-corrected chi connectivity index (χ3v) is 6.86. The molecule has 0 fully saturated rings. The molecule has 0 aromatic heterocycles. The minimum atomic E-state index is 0.0156. The van der Waals surface area contributed by atoms with E-state index in [4.69, 9.17) is 29.4 Å². The molecule has 0 bridgehead atoms. The Hall–Kier alpha value is -0.240. The zero-order chi connectivity index (χ0) is 28.1. The predicted octanol–water partition coefficient (Wildman–Crippen LogP) is 7.84. The average molecular weight is 546 g/mol. The summed E-state index contributed by atoms with van der Waals surface area (Å²) in [4.78, 5) is 0. The van der Waals surface area contributed by atoms with E-state index in [1.165, 1.54) is 96.3 Å². The Morgan fingerprint density at radius 3 is 1.16 bits per heavy atom. The molecule has 0 aromatic rings. The first-order valence-electron chi connectivity index (χ1n) is 16.2. The summed E-state index contributed by atoms with van der Waals surface area (Å²) in [5, 5.41) is 0. The van der Waals surface area contributed by atoms with E-state index in [1.54, 1.807) is 0 Å². The number of rotatable bonds is 31. The standard InChI is InChI=1S/C32H67NO5/c1-6-7-8-9-10-11-12-13-14-15-16-17-18-19-20-21-23-34-25-29(2)36-27-31(4)38-28-32(5)37-26-30(3)35-24-22-33/h29-32H,6-28,33H2,1-5H3. The van der Waals surface area contributed by atoms with Crippen molar-refractivity contribution in [2.24, 2.45) is 5.73 Å². The number of hydrogen-bond donors (Lipinski definition) is 1. The highest BCUT2D eigenvalue weighted by Crippen LogP contribution is 2.13. The van der Waals surface area contributed by atoms with Crippen molar-refractivity contribution < 1.29 is 23.7 Å². The van der Waals surface area contributed by atoms with Gasteiger partial charge in [0.05, 0.1) is 57.5 Å². The van der Waals surface area contributed by atoms with Crippen LogP contribution >= 0.6 is 0 Å². The first-order chi connectivity index (χ1) is 18.5. The van der Waals surface area contributed by atoms with Crippen molar-refractivity contribution >= 4 is 0 Å². The molecule has 4 atom stereocenters. The van der Waals surface area contributed by atoms with Crippen molar-refractivity contribution in [3.05, 3.63) is 0 Å². The van der Waals surface area contributed by atoms with Crippen molar-refractivity contribution in [1.82, 2.24) is 0 Å². The molecule has 0 heterocycles. The molecule has 6 nitrogen and oxygen atoms in total. The highest BCUT2D eigenvalue weighted by atomic mass is 16.6. The van der Waals surface area contributed by atoms with E-state index in [9.17, 15) is 0 Å². The number of hydrogen-bond acceptors (Lipinski definition) is 6. The smallest absolute Gasteiger partial charge is 0.0781 e. The quantitative estimate of drug-likeness (QED) is 0.0895. The Morgan fingerprint density at radius 1 is 0.421 bits per heavy atom. The van der Waals surface area contributed by atoms with E-state index < -0.39 is 0 Å². The molecule has 0 aromatic carbocycles. The lowest BCUT2D eigenvalue weighted by Crippen LogP contribution is -2.28. The first-order valence-corrected chi connectivity index (χ1v) is 16.2. The van der Waals surface area contributed by atoms with Crippen molar-refractivity contribution in [3.63, 3.8) is 0 Å². The molecule has 0 spiro atoms. The van der Waals surface area contributed by atoms with Crippen LogP contribution in [0.1, 0.15) is 137 Å². The van der Waals surface area contributed by atoms with E-state index in [0.717, 1.165) is 13.0 Å². The van der Waals surface area contributed by atoms with Gasteiger partial charge >= 0.3 is 0 Å². The van der Waals surface area contributed by atoms with Crippen LogP contribution in [0.15, 0.2) is 0 Å². The van der Waals surface area contributed by atoms with Crippen LogP contribution in [0.2, 0.25) is 0 Å². The average Bonchev–Trinajstić information content (AvgIpc) is 2.91. The van der Waals surface area contributed by atoms with Crippen LogP contribution < -0.4 is 5.73 Å². The summed E-state index contributed by atoms with van der Waals surface area (Å²) in [5.41, 5.74) is 5.45. The minimum absolute atomic E-state index is 0.0156. The van der Waals surface area contributed by atoms with Crippen molar-refractivity contribution in [1.29, 1.82) is 0 Å². The lowest BCUT2D eigenvalue weighted by Gasteiger charge is -2.21. The van der Waals surface area contributed by atoms with E-state index in [-0.39, 0.29) is 24.4 Å². The van der Waals surface area contributed by atoms with Crippen molar-refractivity contribution in [2.45, 2.75) is 162 Å². The molecule has 0 aliphatic rings. The molecular formula is C32H67NO5. The van der Waals surface area contributed by atoms with E-state index >= 15 is 0 Å². The normalized spacial score (nSPS) is 15.0. The summed E-state index contributed by atoms with van der Waals surface area (Å²) in [7, 11) is 0. The largest absolute Gasteiger partial charge is 0.379 e. The molecule has 38 heavy (non-hydrogen) atoms. The first kappa shape index (κ1) is 37.8. The third kappa shape index (κ3) is 28.8. The lowest BCUT2D eigenvalue weighted by atomic mass is 10.0. The molecule has 0 radical (unpaired) electrons. The molecule has 4 unspecified atom stereocenters. The topological polar surface area (TPSA) is 72.2 Å². The van der Waals surface area contributed by atoms with Crippen LogP contribution in [0.25, 0.3) is 0 Å². The summed E-state index contributed by atoms with van der Waals surface area (Å²) in [6.45, 7) is 14.6. The monoisotopic (exact) mass is 546 g/mol. The Labute approximate surface area is 237 Å². The van der Waals surface area contributed by atoms with Gasteiger partial charge in [0.25, 0.3) is 0 Å². The van der Waals surface area contributed by atoms with Crippen LogP contribution in [0.5, 0.6) is 0 Å². The maximum absolute atomic E-state index is 5.89. The molecule has 2 N–H and O–H groups in total. The van der Waals surface area contributed by atoms with Gasteiger partial charge in [0.1, 0.15) is 0 Å². The number of nitrogens with two attached hydrogens (primary N) is 1. The fraction of sp³-hybridized carbons (Fsp3) is 1.00. The Bertz CT molecular complexity index is 454. The Balaban J connectivity index is 3.38. The molecule has 0 rings (SSSR count). The van der Waals surface area contributed by atoms with E-state index in [0.29, 0.717) is 39.6 Å². The van der Waals surface area contributed by atoms with Gasteiger partial charge in [-0.25, -0.2) is 0 Å². The van der Waals surface area contributed by atoms with Gasteiger partial charge in [0.2, 0.25) is 0 Å². The molecular weight excluding hydrogens is 478 g/mol. The van der Waals surface area contributed by atoms with Gasteiger partial charge < -0.3 is 29.4 Å². The third-order valence-electron chi connectivity index (χ3n) is 6.86. The Morgan fingerprint density at radius 2 is 0.763 bits per heavy atom. The zero-order valence-electron chi connectivity index (χ0n) is 26.2. The van der Waals surface area contributed by atoms with Crippen LogP contribution in [0.3, 0.4) is 0 Å². The molecule has 0 aliphatic heterocycles. The molecule has 0 saturated carbocycles. The maximum Gasteiger partial charge on any atom is 0.0781 e. The maximum atomic E-state index is 5.89. The van der Waals surface area contributed by atoms with Crippen molar-refractivity contribution in [3.8, 4) is 0 Å².